The minimum atomic E-state index is -0.406. The lowest BCUT2D eigenvalue weighted by atomic mass is 10.5. The monoisotopic (exact) mass is 298 g/mol. The number of carbonyl (C=O) groups is 3. The first kappa shape index (κ1) is 13.6. The molecule has 1 aliphatic rings. The molecule has 2 rings (SSSR count). The van der Waals surface area contributed by atoms with Crippen molar-refractivity contribution in [1.82, 2.24) is 14.8 Å². The molecular formula is C10H10N4O3S2. The average Bonchev–Trinajstić information content (AvgIpc) is 2.92. The van der Waals surface area contributed by atoms with Crippen LogP contribution in [0.3, 0.4) is 0 Å². The number of carbonyl (C=O) groups excluding carboxylic acids is 3. The molecule has 1 aromatic heterocycles. The largest absolute Gasteiger partial charge is 0.300 e. The van der Waals surface area contributed by atoms with E-state index in [0.717, 1.165) is 9.80 Å². The van der Waals surface area contributed by atoms with E-state index in [-0.39, 0.29) is 30.0 Å². The topological polar surface area (TPSA) is 82.6 Å². The van der Waals surface area contributed by atoms with E-state index in [9.17, 15) is 14.4 Å². The van der Waals surface area contributed by atoms with Crippen LogP contribution in [0.5, 0.6) is 0 Å². The summed E-state index contributed by atoms with van der Waals surface area (Å²) in [5, 5.41) is 4.78. The Morgan fingerprint density at radius 1 is 1.58 bits per heavy atom. The third kappa shape index (κ3) is 2.93. The molecule has 2 heterocycles. The van der Waals surface area contributed by atoms with Crippen LogP contribution < -0.4 is 5.32 Å². The maximum absolute atomic E-state index is 11.7. The van der Waals surface area contributed by atoms with Gasteiger partial charge in [0.2, 0.25) is 17.7 Å². The molecular weight excluding hydrogens is 288 g/mol. The molecule has 1 aliphatic heterocycles. The molecule has 9 heteroatoms. The Balaban J connectivity index is 1.99. The quantitative estimate of drug-likeness (QED) is 0.798. The molecule has 0 radical (unpaired) electrons. The van der Waals surface area contributed by atoms with Crippen LogP contribution in [-0.4, -0.2) is 50.7 Å². The lowest BCUT2D eigenvalue weighted by Gasteiger charge is -2.16. The van der Waals surface area contributed by atoms with Gasteiger partial charge in [-0.15, -0.1) is 11.3 Å². The summed E-state index contributed by atoms with van der Waals surface area (Å²) in [6.07, 6.45) is 1.56. The number of thiocarbonyl (C=S) groups is 1. The Hall–Kier alpha value is -1.87. The summed E-state index contributed by atoms with van der Waals surface area (Å²) in [5.41, 5.74) is 0. The Morgan fingerprint density at radius 3 is 2.84 bits per heavy atom. The Morgan fingerprint density at radius 2 is 2.32 bits per heavy atom. The van der Waals surface area contributed by atoms with Gasteiger partial charge in [-0.05, 0) is 12.2 Å². The van der Waals surface area contributed by atoms with Gasteiger partial charge in [0.05, 0.1) is 0 Å². The summed E-state index contributed by atoms with van der Waals surface area (Å²) in [5.74, 6) is -1.09. The molecule has 19 heavy (non-hydrogen) atoms. The second kappa shape index (κ2) is 5.41. The highest BCUT2D eigenvalue weighted by atomic mass is 32.1. The molecule has 0 aromatic carbocycles. The number of nitrogens with one attached hydrogen (secondary N) is 1. The number of hydrogen-bond acceptors (Lipinski definition) is 6. The van der Waals surface area contributed by atoms with E-state index < -0.39 is 5.91 Å². The zero-order chi connectivity index (χ0) is 14.0. The number of anilines is 1. The van der Waals surface area contributed by atoms with Gasteiger partial charge in [-0.1, -0.05) is 0 Å². The smallest absolute Gasteiger partial charge is 0.249 e. The second-order valence-corrected chi connectivity index (χ2v) is 5.01. The van der Waals surface area contributed by atoms with Gasteiger partial charge in [0.1, 0.15) is 13.1 Å². The highest BCUT2D eigenvalue weighted by Crippen LogP contribution is 2.13. The van der Waals surface area contributed by atoms with Crippen molar-refractivity contribution in [3.8, 4) is 0 Å². The van der Waals surface area contributed by atoms with Crippen LogP contribution in [-0.2, 0) is 14.4 Å². The summed E-state index contributed by atoms with van der Waals surface area (Å²) in [6.45, 7) is 0.985. The third-order valence-corrected chi connectivity index (χ3v) is 3.55. The first-order chi connectivity index (χ1) is 8.99. The molecule has 1 N–H and O–H groups in total. The minimum absolute atomic E-state index is 0.0618. The van der Waals surface area contributed by atoms with E-state index in [2.05, 4.69) is 10.3 Å². The highest BCUT2D eigenvalue weighted by Gasteiger charge is 2.35. The van der Waals surface area contributed by atoms with Gasteiger partial charge in [0, 0.05) is 18.5 Å². The SMILES string of the molecule is CC(=O)N1CC(=O)N(CC(=O)Nc2nccs2)C1=S. The van der Waals surface area contributed by atoms with E-state index in [4.69, 9.17) is 12.2 Å². The standard InChI is InChI=1S/C10H10N4O3S2/c1-6(15)13-5-8(17)14(10(13)18)4-7(16)12-9-11-2-3-19-9/h2-3H,4-5H2,1H3,(H,11,12,16). The average molecular weight is 298 g/mol. The molecule has 1 aromatic rings. The normalized spacial score (nSPS) is 15.0. The van der Waals surface area contributed by atoms with Gasteiger partial charge in [-0.25, -0.2) is 4.98 Å². The Bertz CT molecular complexity index is 543. The molecule has 1 saturated heterocycles. The van der Waals surface area contributed by atoms with Gasteiger partial charge in [-0.2, -0.15) is 0 Å². The fourth-order valence-corrected chi connectivity index (χ4v) is 2.43. The van der Waals surface area contributed by atoms with Crippen LogP contribution in [0.2, 0.25) is 0 Å². The molecule has 3 amide bonds. The van der Waals surface area contributed by atoms with Crippen molar-refractivity contribution in [3.05, 3.63) is 11.6 Å². The summed E-state index contributed by atoms with van der Waals surface area (Å²) < 4.78 is 0. The molecule has 0 unspecified atom stereocenters. The van der Waals surface area contributed by atoms with Crippen LogP contribution in [0.15, 0.2) is 11.6 Å². The van der Waals surface area contributed by atoms with E-state index in [0.29, 0.717) is 5.13 Å². The maximum atomic E-state index is 11.7. The van der Waals surface area contributed by atoms with Crippen LogP contribution in [0.1, 0.15) is 6.92 Å². The highest BCUT2D eigenvalue weighted by molar-refractivity contribution is 7.80. The zero-order valence-corrected chi connectivity index (χ0v) is 11.6. The fraction of sp³-hybridized carbons (Fsp3) is 0.300. The molecule has 0 spiro atoms. The fourth-order valence-electron chi connectivity index (χ4n) is 1.53. The first-order valence-electron chi connectivity index (χ1n) is 5.31. The van der Waals surface area contributed by atoms with Gasteiger partial charge in [-0.3, -0.25) is 24.2 Å². The maximum Gasteiger partial charge on any atom is 0.249 e. The van der Waals surface area contributed by atoms with Crippen molar-refractivity contribution < 1.29 is 14.4 Å². The number of aromatic nitrogens is 1. The van der Waals surface area contributed by atoms with Crippen molar-refractivity contribution >= 4 is 51.5 Å². The Labute approximate surface area is 118 Å². The van der Waals surface area contributed by atoms with E-state index in [1.165, 1.54) is 18.3 Å². The molecule has 1 fully saturated rings. The lowest BCUT2D eigenvalue weighted by molar-refractivity contribution is -0.130. The molecule has 0 atom stereocenters. The van der Waals surface area contributed by atoms with E-state index in [1.54, 1.807) is 11.6 Å². The van der Waals surface area contributed by atoms with Gasteiger partial charge in [0.25, 0.3) is 0 Å². The summed E-state index contributed by atoms with van der Waals surface area (Å²) in [6, 6.07) is 0. The molecule has 0 bridgehead atoms. The number of thiazole rings is 1. The van der Waals surface area contributed by atoms with Crippen LogP contribution in [0.4, 0.5) is 5.13 Å². The van der Waals surface area contributed by atoms with Crippen molar-refractivity contribution in [2.75, 3.05) is 18.4 Å². The molecule has 0 aliphatic carbocycles. The van der Waals surface area contributed by atoms with E-state index in [1.807, 2.05) is 0 Å². The Kier molecular flexibility index (Phi) is 3.86. The van der Waals surface area contributed by atoms with Gasteiger partial charge in [0.15, 0.2) is 10.2 Å². The van der Waals surface area contributed by atoms with Crippen molar-refractivity contribution in [2.24, 2.45) is 0 Å². The van der Waals surface area contributed by atoms with E-state index >= 15 is 0 Å². The van der Waals surface area contributed by atoms with Crippen molar-refractivity contribution in [2.45, 2.75) is 6.92 Å². The summed E-state index contributed by atoms with van der Waals surface area (Å²) >= 11 is 6.27. The van der Waals surface area contributed by atoms with Crippen molar-refractivity contribution in [1.29, 1.82) is 0 Å². The molecule has 100 valence electrons. The number of nitrogens with zero attached hydrogens (tertiary/aromatic N) is 3. The molecule has 0 saturated carbocycles. The van der Waals surface area contributed by atoms with Gasteiger partial charge < -0.3 is 5.32 Å². The summed E-state index contributed by atoms with van der Waals surface area (Å²) in [7, 11) is 0. The van der Waals surface area contributed by atoms with Crippen LogP contribution >= 0.6 is 23.6 Å². The van der Waals surface area contributed by atoms with Gasteiger partial charge >= 0.3 is 0 Å². The summed E-state index contributed by atoms with van der Waals surface area (Å²) in [4.78, 5) is 40.8. The number of amides is 3. The lowest BCUT2D eigenvalue weighted by Crippen LogP contribution is -2.39. The minimum Gasteiger partial charge on any atom is -0.300 e. The number of rotatable bonds is 3. The van der Waals surface area contributed by atoms with Crippen molar-refractivity contribution in [3.63, 3.8) is 0 Å². The molecule has 7 nitrogen and oxygen atoms in total. The number of hydrogen-bond donors (Lipinski definition) is 1. The first-order valence-corrected chi connectivity index (χ1v) is 6.59. The van der Waals surface area contributed by atoms with Crippen LogP contribution in [0.25, 0.3) is 0 Å². The predicted molar refractivity (Wildman–Crippen MR) is 72.4 cm³/mol. The predicted octanol–water partition coefficient (Wildman–Crippen LogP) is 0.0572. The zero-order valence-electron chi connectivity index (χ0n) is 9.95. The van der Waals surface area contributed by atoms with Crippen LogP contribution in [0, 0.1) is 0 Å². The third-order valence-electron chi connectivity index (χ3n) is 2.42. The second-order valence-electron chi connectivity index (χ2n) is 3.75.